The molecule has 10 heteroatoms. The number of carbonyl (C=O) groups excluding carboxylic acids is 1. The Morgan fingerprint density at radius 3 is 2.72 bits per heavy atom. The first-order chi connectivity index (χ1) is 13.5. The number of aromatic nitrogens is 4. The molecule has 0 bridgehead atoms. The van der Waals surface area contributed by atoms with Crippen LogP contribution in [0.15, 0.2) is 0 Å². The molecular weight excluding hydrogens is 389 g/mol. The second-order valence-corrected chi connectivity index (χ2v) is 8.38. The molecule has 1 saturated heterocycles. The number of rotatable bonds is 4. The molecule has 1 aliphatic carbocycles. The first kappa shape index (κ1) is 20.1. The van der Waals surface area contributed by atoms with Crippen LogP contribution in [0.4, 0.5) is 13.2 Å². The first-order valence-corrected chi connectivity index (χ1v) is 9.61. The highest BCUT2D eigenvalue weighted by molar-refractivity contribution is 5.70. The Labute approximate surface area is 165 Å². The van der Waals surface area contributed by atoms with E-state index in [1.807, 2.05) is 13.8 Å². The van der Waals surface area contributed by atoms with Crippen molar-refractivity contribution in [2.75, 3.05) is 6.61 Å². The van der Waals surface area contributed by atoms with Gasteiger partial charge in [0, 0.05) is 35.7 Å². The molecule has 2 aromatic rings. The van der Waals surface area contributed by atoms with E-state index < -0.39 is 12.0 Å². The van der Waals surface area contributed by atoms with Gasteiger partial charge >= 0.3 is 12.1 Å². The number of ether oxygens (including phenoxy) is 2. The Bertz CT molecular complexity index is 970. The van der Waals surface area contributed by atoms with Gasteiger partial charge in [0.25, 0.3) is 11.6 Å². The second-order valence-electron chi connectivity index (χ2n) is 8.38. The van der Waals surface area contributed by atoms with Gasteiger partial charge in [0.2, 0.25) is 0 Å². The summed E-state index contributed by atoms with van der Waals surface area (Å²) in [5, 5.41) is 3.53. The highest BCUT2D eigenvalue weighted by atomic mass is 19.4. The Hall–Kier alpha value is -2.23. The molecule has 3 heterocycles. The maximum Gasteiger partial charge on any atom is 0.453 e. The van der Waals surface area contributed by atoms with Crippen LogP contribution in [0.3, 0.4) is 0 Å². The van der Waals surface area contributed by atoms with Gasteiger partial charge in [-0.15, -0.1) is 5.10 Å². The van der Waals surface area contributed by atoms with Crippen LogP contribution in [0, 0.1) is 25.2 Å². The fourth-order valence-electron chi connectivity index (χ4n) is 4.63. The van der Waals surface area contributed by atoms with Gasteiger partial charge in [-0.05, 0) is 32.3 Å². The Morgan fingerprint density at radius 2 is 2.03 bits per heavy atom. The van der Waals surface area contributed by atoms with Gasteiger partial charge in [0.15, 0.2) is 0 Å². The third-order valence-corrected chi connectivity index (χ3v) is 6.13. The average molecular weight is 412 g/mol. The molecule has 0 spiro atoms. The zero-order chi connectivity index (χ0) is 21.1. The quantitative estimate of drug-likeness (QED) is 0.719. The van der Waals surface area contributed by atoms with E-state index in [4.69, 9.17) is 9.47 Å². The van der Waals surface area contributed by atoms with Crippen LogP contribution in [0.2, 0.25) is 0 Å². The summed E-state index contributed by atoms with van der Waals surface area (Å²) < 4.78 is 51.2. The minimum Gasteiger partial charge on any atom is -0.461 e. The zero-order valence-electron chi connectivity index (χ0n) is 16.7. The van der Waals surface area contributed by atoms with Crippen LogP contribution in [-0.4, -0.2) is 44.4 Å². The fraction of sp³-hybridized carbons (Fsp3) is 0.684. The van der Waals surface area contributed by atoms with Crippen molar-refractivity contribution in [2.24, 2.45) is 11.3 Å². The topological polar surface area (TPSA) is 78.6 Å². The molecule has 1 aliphatic heterocycles. The fourth-order valence-corrected chi connectivity index (χ4v) is 4.63. The van der Waals surface area contributed by atoms with E-state index in [0.717, 1.165) is 10.9 Å². The molecule has 0 radical (unpaired) electrons. The number of nitrogens with zero attached hydrogens (tertiary/aromatic N) is 4. The second kappa shape index (κ2) is 6.65. The molecule has 4 rings (SSSR count). The van der Waals surface area contributed by atoms with Crippen molar-refractivity contribution in [1.82, 2.24) is 19.6 Å². The summed E-state index contributed by atoms with van der Waals surface area (Å²) in [5.74, 6) is -1.43. The number of hydrogen-bond acceptors (Lipinski definition) is 6. The molecule has 29 heavy (non-hydrogen) atoms. The van der Waals surface area contributed by atoms with Crippen LogP contribution in [0.25, 0.3) is 5.78 Å². The minimum absolute atomic E-state index is 0.109. The Kier molecular flexibility index (Phi) is 4.60. The monoisotopic (exact) mass is 412 g/mol. The van der Waals surface area contributed by atoms with E-state index in [0.29, 0.717) is 30.0 Å². The molecule has 1 saturated carbocycles. The van der Waals surface area contributed by atoms with E-state index in [2.05, 4.69) is 15.1 Å². The zero-order valence-corrected chi connectivity index (χ0v) is 16.7. The van der Waals surface area contributed by atoms with Crippen molar-refractivity contribution >= 4 is 11.7 Å². The number of fused-ring (bicyclic) bond motifs is 2. The number of hydrogen-bond donors (Lipinski definition) is 0. The van der Waals surface area contributed by atoms with Crippen molar-refractivity contribution in [1.29, 1.82) is 0 Å². The summed E-state index contributed by atoms with van der Waals surface area (Å²) >= 11 is 0. The summed E-state index contributed by atoms with van der Waals surface area (Å²) in [7, 11) is 0. The third-order valence-electron chi connectivity index (χ3n) is 6.13. The molecule has 0 amide bonds. The molecule has 3 atom stereocenters. The Morgan fingerprint density at radius 1 is 1.31 bits per heavy atom. The lowest BCUT2D eigenvalue weighted by molar-refractivity contribution is -0.210. The molecule has 2 aliphatic rings. The van der Waals surface area contributed by atoms with Crippen molar-refractivity contribution in [3.63, 3.8) is 0 Å². The van der Waals surface area contributed by atoms with Gasteiger partial charge in [-0.2, -0.15) is 18.2 Å². The van der Waals surface area contributed by atoms with E-state index >= 15 is 0 Å². The van der Waals surface area contributed by atoms with Crippen molar-refractivity contribution in [3.05, 3.63) is 22.8 Å². The predicted molar refractivity (Wildman–Crippen MR) is 95.1 cm³/mol. The van der Waals surface area contributed by atoms with Gasteiger partial charge < -0.3 is 9.47 Å². The third kappa shape index (κ3) is 3.27. The van der Waals surface area contributed by atoms with Crippen LogP contribution < -0.4 is 0 Å². The minimum atomic E-state index is -4.64. The maximum absolute atomic E-state index is 12.9. The van der Waals surface area contributed by atoms with Crippen molar-refractivity contribution in [2.45, 2.75) is 65.3 Å². The molecule has 7 nitrogen and oxygen atoms in total. The molecular formula is C19H23F3N4O3. The maximum atomic E-state index is 12.9. The SMILES string of the molecule is Cc1nc2nc(C(F)(F)F)nn2c(C)c1CCC(=O)O[C@@H]1[C@@H]2CCO[C@@H]2C1(C)C. The largest absolute Gasteiger partial charge is 0.461 e. The van der Waals surface area contributed by atoms with Crippen molar-refractivity contribution in [3.8, 4) is 0 Å². The lowest BCUT2D eigenvalue weighted by Gasteiger charge is -2.53. The van der Waals surface area contributed by atoms with E-state index in [1.165, 1.54) is 0 Å². The summed E-state index contributed by atoms with van der Waals surface area (Å²) in [6.45, 7) is 8.09. The van der Waals surface area contributed by atoms with Crippen molar-refractivity contribution < 1.29 is 27.4 Å². The van der Waals surface area contributed by atoms with Crippen LogP contribution in [-0.2, 0) is 26.9 Å². The first-order valence-electron chi connectivity index (χ1n) is 9.61. The molecule has 2 aromatic heterocycles. The standard InChI is InChI=1S/C19H23F3N4O3/c1-9-11(10(2)26-17(23-9)24-16(25-26)19(20,21)22)5-6-13(27)29-15-12-7-8-28-14(12)18(15,3)4/h12,14-15H,5-8H2,1-4H3/t12-,14+,15-/m1/s1. The Balaban J connectivity index is 1.47. The highest BCUT2D eigenvalue weighted by Crippen LogP contribution is 2.53. The van der Waals surface area contributed by atoms with E-state index in [1.54, 1.807) is 13.8 Å². The van der Waals surface area contributed by atoms with E-state index in [9.17, 15) is 18.0 Å². The number of alkyl halides is 3. The number of halogens is 3. The summed E-state index contributed by atoms with van der Waals surface area (Å²) in [6.07, 6.45) is -3.38. The molecule has 158 valence electrons. The summed E-state index contributed by atoms with van der Waals surface area (Å²) in [4.78, 5) is 20.0. The lowest BCUT2D eigenvalue weighted by Crippen LogP contribution is -2.61. The predicted octanol–water partition coefficient (Wildman–Crippen LogP) is 3.05. The number of aryl methyl sites for hydroxylation is 2. The van der Waals surface area contributed by atoms with Crippen LogP contribution in [0.1, 0.15) is 49.5 Å². The molecule has 0 N–H and O–H groups in total. The normalized spacial score (nSPS) is 25.7. The van der Waals surface area contributed by atoms with Gasteiger partial charge in [-0.1, -0.05) is 13.8 Å². The van der Waals surface area contributed by atoms with Gasteiger partial charge in [-0.3, -0.25) is 4.79 Å². The smallest absolute Gasteiger partial charge is 0.453 e. The van der Waals surface area contributed by atoms with Gasteiger partial charge in [0.05, 0.1) is 6.10 Å². The van der Waals surface area contributed by atoms with Gasteiger partial charge in [0.1, 0.15) is 6.10 Å². The molecule has 0 unspecified atom stereocenters. The number of carbonyl (C=O) groups is 1. The highest BCUT2D eigenvalue weighted by Gasteiger charge is 2.61. The van der Waals surface area contributed by atoms with Crippen LogP contribution in [0.5, 0.6) is 0 Å². The summed E-state index contributed by atoms with van der Waals surface area (Å²) in [5.41, 5.74) is 1.47. The van der Waals surface area contributed by atoms with E-state index in [-0.39, 0.29) is 41.7 Å². The lowest BCUT2D eigenvalue weighted by atomic mass is 9.59. The molecule has 2 fully saturated rings. The number of esters is 1. The average Bonchev–Trinajstić information content (AvgIpc) is 3.25. The summed E-state index contributed by atoms with van der Waals surface area (Å²) in [6, 6.07) is 0. The van der Waals surface area contributed by atoms with Gasteiger partial charge in [-0.25, -0.2) is 9.50 Å². The van der Waals surface area contributed by atoms with Crippen LogP contribution >= 0.6 is 0 Å². The molecule has 0 aromatic carbocycles.